The second kappa shape index (κ2) is 4.35. The fourth-order valence-electron chi connectivity index (χ4n) is 2.33. The van der Waals surface area contributed by atoms with E-state index in [1.807, 2.05) is 50.2 Å². The van der Waals surface area contributed by atoms with E-state index < -0.39 is 0 Å². The molecule has 3 heteroatoms. The van der Waals surface area contributed by atoms with Gasteiger partial charge in [-0.15, -0.1) is 5.10 Å². The number of phenolic OH excluding ortho intramolecular Hbond substituents is 1. The number of hydrogen-bond acceptors (Lipinski definition) is 3. The third-order valence-electron chi connectivity index (χ3n) is 3.33. The van der Waals surface area contributed by atoms with Crippen molar-refractivity contribution in [2.75, 3.05) is 0 Å². The number of fused-ring (bicyclic) bond motifs is 1. The second-order valence-corrected chi connectivity index (χ2v) is 4.74. The molecule has 0 aliphatic carbocycles. The van der Waals surface area contributed by atoms with E-state index in [4.69, 9.17) is 0 Å². The molecule has 1 N–H and O–H groups in total. The fraction of sp³-hybridized carbons (Fsp3) is 0.125. The van der Waals surface area contributed by atoms with Crippen LogP contribution >= 0.6 is 0 Å². The quantitative estimate of drug-likeness (QED) is 0.717. The van der Waals surface area contributed by atoms with E-state index in [-0.39, 0.29) is 0 Å². The van der Waals surface area contributed by atoms with Gasteiger partial charge in [-0.05, 0) is 37.1 Å². The van der Waals surface area contributed by atoms with Crippen molar-refractivity contribution in [3.8, 4) is 17.0 Å². The molecule has 0 radical (unpaired) electrons. The highest BCUT2D eigenvalue weighted by Gasteiger charge is 2.09. The lowest BCUT2D eigenvalue weighted by Crippen LogP contribution is -1.91. The summed E-state index contributed by atoms with van der Waals surface area (Å²) in [5.74, 6) is 0.344. The van der Waals surface area contributed by atoms with Crippen molar-refractivity contribution in [2.24, 2.45) is 0 Å². The predicted octanol–water partition coefficient (Wildman–Crippen LogP) is 3.62. The van der Waals surface area contributed by atoms with E-state index in [1.165, 1.54) is 0 Å². The van der Waals surface area contributed by atoms with Gasteiger partial charge in [0.25, 0.3) is 0 Å². The van der Waals surface area contributed by atoms with Crippen LogP contribution in [-0.2, 0) is 0 Å². The molecule has 0 spiro atoms. The number of benzene rings is 2. The van der Waals surface area contributed by atoms with E-state index >= 15 is 0 Å². The minimum atomic E-state index is 0.344. The Balaban J connectivity index is 2.31. The first-order chi connectivity index (χ1) is 9.16. The minimum absolute atomic E-state index is 0.344. The van der Waals surface area contributed by atoms with Gasteiger partial charge in [0.1, 0.15) is 11.4 Å². The van der Waals surface area contributed by atoms with Gasteiger partial charge in [-0.25, -0.2) is 0 Å². The summed E-state index contributed by atoms with van der Waals surface area (Å²) in [6, 6.07) is 11.9. The Morgan fingerprint density at radius 2 is 1.68 bits per heavy atom. The maximum atomic E-state index is 9.85. The molecule has 94 valence electrons. The molecule has 2 aromatic carbocycles. The highest BCUT2D eigenvalue weighted by molar-refractivity contribution is 5.94. The SMILES string of the molecule is Cc1cc(-c2nncc3ccccc23)cc(C)c1O. The summed E-state index contributed by atoms with van der Waals surface area (Å²) in [6.07, 6.45) is 1.76. The lowest BCUT2D eigenvalue weighted by Gasteiger charge is -2.09. The number of hydrogen-bond donors (Lipinski definition) is 1. The minimum Gasteiger partial charge on any atom is -0.507 e. The summed E-state index contributed by atoms with van der Waals surface area (Å²) in [7, 11) is 0. The zero-order valence-corrected chi connectivity index (χ0v) is 10.9. The molecule has 0 fully saturated rings. The molecule has 1 heterocycles. The summed E-state index contributed by atoms with van der Waals surface area (Å²) in [6.45, 7) is 3.79. The van der Waals surface area contributed by atoms with Crippen LogP contribution in [0.2, 0.25) is 0 Å². The molecule has 3 nitrogen and oxygen atoms in total. The Kier molecular flexibility index (Phi) is 2.67. The molecule has 0 amide bonds. The summed E-state index contributed by atoms with van der Waals surface area (Å²) >= 11 is 0. The predicted molar refractivity (Wildman–Crippen MR) is 76.1 cm³/mol. The fourth-order valence-corrected chi connectivity index (χ4v) is 2.33. The number of nitrogens with zero attached hydrogens (tertiary/aromatic N) is 2. The van der Waals surface area contributed by atoms with Crippen LogP contribution in [-0.4, -0.2) is 15.3 Å². The van der Waals surface area contributed by atoms with Crippen LogP contribution in [0.4, 0.5) is 0 Å². The van der Waals surface area contributed by atoms with Gasteiger partial charge in [-0.3, -0.25) is 0 Å². The van der Waals surface area contributed by atoms with Gasteiger partial charge in [0, 0.05) is 16.3 Å². The second-order valence-electron chi connectivity index (χ2n) is 4.74. The highest BCUT2D eigenvalue weighted by Crippen LogP contribution is 2.31. The molecule has 0 aliphatic rings. The van der Waals surface area contributed by atoms with Gasteiger partial charge in [0.05, 0.1) is 6.20 Å². The number of aromatic hydroxyl groups is 1. The van der Waals surface area contributed by atoms with E-state index in [0.29, 0.717) is 5.75 Å². The summed E-state index contributed by atoms with van der Waals surface area (Å²) < 4.78 is 0. The topological polar surface area (TPSA) is 46.0 Å². The lowest BCUT2D eigenvalue weighted by atomic mass is 10.0. The number of phenols is 1. The monoisotopic (exact) mass is 250 g/mol. The molecule has 3 rings (SSSR count). The molecule has 0 saturated carbocycles. The Bertz CT molecular complexity index is 737. The van der Waals surface area contributed by atoms with Crippen LogP contribution < -0.4 is 0 Å². The van der Waals surface area contributed by atoms with Crippen LogP contribution in [0.25, 0.3) is 22.0 Å². The van der Waals surface area contributed by atoms with Crippen molar-refractivity contribution >= 4 is 10.8 Å². The molecule has 0 aliphatic heterocycles. The summed E-state index contributed by atoms with van der Waals surface area (Å²) in [5.41, 5.74) is 3.54. The molecule has 0 saturated heterocycles. The third-order valence-corrected chi connectivity index (χ3v) is 3.33. The number of aromatic nitrogens is 2. The Morgan fingerprint density at radius 3 is 2.42 bits per heavy atom. The first-order valence-corrected chi connectivity index (χ1v) is 6.18. The molecular weight excluding hydrogens is 236 g/mol. The molecular formula is C16H14N2O. The van der Waals surface area contributed by atoms with Gasteiger partial charge in [-0.1, -0.05) is 24.3 Å². The van der Waals surface area contributed by atoms with Crippen molar-refractivity contribution < 1.29 is 5.11 Å². The largest absolute Gasteiger partial charge is 0.507 e. The maximum Gasteiger partial charge on any atom is 0.121 e. The number of rotatable bonds is 1. The summed E-state index contributed by atoms with van der Waals surface area (Å²) in [4.78, 5) is 0. The van der Waals surface area contributed by atoms with Crippen LogP contribution in [0, 0.1) is 13.8 Å². The molecule has 0 unspecified atom stereocenters. The average molecular weight is 250 g/mol. The Morgan fingerprint density at radius 1 is 1.00 bits per heavy atom. The first kappa shape index (κ1) is 11.7. The summed E-state index contributed by atoms with van der Waals surface area (Å²) in [5, 5.41) is 20.3. The lowest BCUT2D eigenvalue weighted by molar-refractivity contribution is 0.467. The van der Waals surface area contributed by atoms with E-state index in [1.54, 1.807) is 6.20 Å². The van der Waals surface area contributed by atoms with Gasteiger partial charge in [0.2, 0.25) is 0 Å². The van der Waals surface area contributed by atoms with Gasteiger partial charge in [0.15, 0.2) is 0 Å². The average Bonchev–Trinajstić information content (AvgIpc) is 2.43. The highest BCUT2D eigenvalue weighted by atomic mass is 16.3. The third kappa shape index (κ3) is 1.93. The van der Waals surface area contributed by atoms with Gasteiger partial charge >= 0.3 is 0 Å². The van der Waals surface area contributed by atoms with Crippen molar-refractivity contribution in [3.05, 3.63) is 53.7 Å². The first-order valence-electron chi connectivity index (χ1n) is 6.18. The molecule has 3 aromatic rings. The van der Waals surface area contributed by atoms with Crippen LogP contribution in [0.15, 0.2) is 42.6 Å². The van der Waals surface area contributed by atoms with Crippen molar-refractivity contribution in [1.29, 1.82) is 0 Å². The standard InChI is InChI=1S/C16H14N2O/c1-10-7-13(8-11(2)16(10)19)15-14-6-4-3-5-12(14)9-17-18-15/h3-9,19H,1-2H3. The van der Waals surface area contributed by atoms with Crippen molar-refractivity contribution in [1.82, 2.24) is 10.2 Å². The zero-order chi connectivity index (χ0) is 13.4. The maximum absolute atomic E-state index is 9.85. The Labute approximate surface area is 111 Å². The smallest absolute Gasteiger partial charge is 0.121 e. The molecule has 0 atom stereocenters. The van der Waals surface area contributed by atoms with Gasteiger partial charge in [-0.2, -0.15) is 5.10 Å². The van der Waals surface area contributed by atoms with E-state index in [9.17, 15) is 5.11 Å². The Hall–Kier alpha value is -2.42. The zero-order valence-electron chi connectivity index (χ0n) is 10.9. The normalized spacial score (nSPS) is 10.8. The van der Waals surface area contributed by atoms with Crippen molar-refractivity contribution in [2.45, 2.75) is 13.8 Å². The van der Waals surface area contributed by atoms with Crippen LogP contribution in [0.3, 0.4) is 0 Å². The molecule has 1 aromatic heterocycles. The molecule has 0 bridgehead atoms. The van der Waals surface area contributed by atoms with E-state index in [2.05, 4.69) is 10.2 Å². The van der Waals surface area contributed by atoms with Gasteiger partial charge < -0.3 is 5.11 Å². The van der Waals surface area contributed by atoms with Crippen molar-refractivity contribution in [3.63, 3.8) is 0 Å². The van der Waals surface area contributed by atoms with E-state index in [0.717, 1.165) is 33.2 Å². The van der Waals surface area contributed by atoms with Crippen LogP contribution in [0.5, 0.6) is 5.75 Å². The van der Waals surface area contributed by atoms with Crippen LogP contribution in [0.1, 0.15) is 11.1 Å². The molecule has 19 heavy (non-hydrogen) atoms. The number of aryl methyl sites for hydroxylation is 2.